The standard InChI is InChI=1S/C28H34F2N2O7/c1-35-21-11-8-17(13-22(21)36-2)7-6-12-31-16-19-9-10-20(26(31)33)32(19)27(34)28(29,30)18-14-23(37-3)25(39-5)24(15-18)38-4/h8,11,13-15,19-20H,6-7,9-10,12,16H2,1-5H3. The summed E-state index contributed by atoms with van der Waals surface area (Å²) in [6.45, 7) is 0.684. The maximum absolute atomic E-state index is 15.6. The van der Waals surface area contributed by atoms with Gasteiger partial charge < -0.3 is 33.5 Å². The third-order valence-electron chi connectivity index (χ3n) is 7.40. The van der Waals surface area contributed by atoms with Gasteiger partial charge in [-0.25, -0.2) is 0 Å². The molecule has 2 aliphatic rings. The Morgan fingerprint density at radius 3 is 2.13 bits per heavy atom. The lowest BCUT2D eigenvalue weighted by molar-refractivity contribution is -0.170. The number of hydrogen-bond acceptors (Lipinski definition) is 7. The predicted molar refractivity (Wildman–Crippen MR) is 138 cm³/mol. The number of benzene rings is 2. The molecule has 0 saturated carbocycles. The molecule has 2 heterocycles. The molecule has 9 nitrogen and oxygen atoms in total. The molecular weight excluding hydrogens is 514 g/mol. The van der Waals surface area contributed by atoms with E-state index >= 15 is 8.78 Å². The first-order valence-electron chi connectivity index (χ1n) is 12.7. The van der Waals surface area contributed by atoms with Crippen molar-refractivity contribution in [3.63, 3.8) is 0 Å². The minimum Gasteiger partial charge on any atom is -0.493 e. The molecule has 0 radical (unpaired) electrons. The molecule has 0 aliphatic carbocycles. The summed E-state index contributed by atoms with van der Waals surface area (Å²) in [7, 11) is 7.12. The Hall–Kier alpha value is -3.76. The third-order valence-corrected chi connectivity index (χ3v) is 7.40. The van der Waals surface area contributed by atoms with Gasteiger partial charge in [0.1, 0.15) is 6.04 Å². The van der Waals surface area contributed by atoms with E-state index in [9.17, 15) is 9.59 Å². The van der Waals surface area contributed by atoms with Crippen LogP contribution in [0.1, 0.15) is 30.4 Å². The molecule has 39 heavy (non-hydrogen) atoms. The average molecular weight is 549 g/mol. The van der Waals surface area contributed by atoms with Crippen molar-refractivity contribution < 1.29 is 42.1 Å². The van der Waals surface area contributed by atoms with Gasteiger partial charge in [-0.15, -0.1) is 0 Å². The molecule has 2 saturated heterocycles. The zero-order valence-electron chi connectivity index (χ0n) is 22.8. The number of amides is 2. The maximum Gasteiger partial charge on any atom is 0.350 e. The summed E-state index contributed by atoms with van der Waals surface area (Å²) >= 11 is 0. The number of aryl methyl sites for hydroxylation is 1. The highest BCUT2D eigenvalue weighted by Crippen LogP contribution is 2.44. The summed E-state index contributed by atoms with van der Waals surface area (Å²) in [4.78, 5) is 29.3. The summed E-state index contributed by atoms with van der Waals surface area (Å²) in [5.74, 6) is -4.17. The Labute approximate surface area is 226 Å². The zero-order valence-corrected chi connectivity index (χ0v) is 22.8. The van der Waals surface area contributed by atoms with E-state index < -0.39 is 29.5 Å². The molecule has 4 rings (SSSR count). The molecule has 0 spiro atoms. The number of carbonyl (C=O) groups excluding carboxylic acids is 2. The van der Waals surface area contributed by atoms with E-state index in [-0.39, 0.29) is 29.7 Å². The first kappa shape index (κ1) is 28.3. The second-order valence-electron chi connectivity index (χ2n) is 9.52. The number of carbonyl (C=O) groups is 2. The van der Waals surface area contributed by atoms with Gasteiger partial charge in [-0.1, -0.05) is 6.07 Å². The van der Waals surface area contributed by atoms with Crippen LogP contribution in [0.2, 0.25) is 0 Å². The number of fused-ring (bicyclic) bond motifs is 2. The van der Waals surface area contributed by atoms with Gasteiger partial charge in [0.05, 0.1) is 41.6 Å². The summed E-state index contributed by atoms with van der Waals surface area (Å²) in [6.07, 6.45) is 2.21. The van der Waals surface area contributed by atoms with Gasteiger partial charge in [0.2, 0.25) is 11.7 Å². The largest absolute Gasteiger partial charge is 0.493 e. The van der Waals surface area contributed by atoms with Crippen LogP contribution < -0.4 is 23.7 Å². The third kappa shape index (κ3) is 5.26. The van der Waals surface area contributed by atoms with Gasteiger partial charge in [0.15, 0.2) is 23.0 Å². The highest BCUT2D eigenvalue weighted by Gasteiger charge is 2.55. The van der Waals surface area contributed by atoms with E-state index in [1.165, 1.54) is 21.3 Å². The molecule has 2 fully saturated rings. The van der Waals surface area contributed by atoms with Gasteiger partial charge in [0, 0.05) is 18.7 Å². The Bertz CT molecular complexity index is 1200. The van der Waals surface area contributed by atoms with Crippen LogP contribution in [0.15, 0.2) is 30.3 Å². The Morgan fingerprint density at radius 2 is 1.54 bits per heavy atom. The van der Waals surface area contributed by atoms with Crippen molar-refractivity contribution in [2.24, 2.45) is 0 Å². The Kier molecular flexibility index (Phi) is 8.36. The topological polar surface area (TPSA) is 86.8 Å². The van der Waals surface area contributed by atoms with Crippen LogP contribution >= 0.6 is 0 Å². The van der Waals surface area contributed by atoms with Crippen LogP contribution in [0.25, 0.3) is 0 Å². The highest BCUT2D eigenvalue weighted by molar-refractivity contribution is 5.93. The van der Waals surface area contributed by atoms with Gasteiger partial charge in [-0.3, -0.25) is 9.59 Å². The molecule has 2 amide bonds. The van der Waals surface area contributed by atoms with Crippen LogP contribution in [-0.4, -0.2) is 82.3 Å². The fraction of sp³-hybridized carbons (Fsp3) is 0.500. The van der Waals surface area contributed by atoms with Crippen molar-refractivity contribution in [1.29, 1.82) is 0 Å². The fourth-order valence-electron chi connectivity index (χ4n) is 5.43. The van der Waals surface area contributed by atoms with Crippen molar-refractivity contribution in [2.45, 2.75) is 43.7 Å². The number of rotatable bonds is 11. The summed E-state index contributed by atoms with van der Waals surface area (Å²) < 4.78 is 57.4. The molecule has 2 unspecified atom stereocenters. The van der Waals surface area contributed by atoms with E-state index in [1.54, 1.807) is 19.1 Å². The minimum atomic E-state index is -3.90. The van der Waals surface area contributed by atoms with Crippen LogP contribution in [0.3, 0.4) is 0 Å². The summed E-state index contributed by atoms with van der Waals surface area (Å²) in [6, 6.07) is 6.40. The Balaban J connectivity index is 1.46. The minimum absolute atomic E-state index is 0.0117. The summed E-state index contributed by atoms with van der Waals surface area (Å²) in [5.41, 5.74) is 0.438. The number of hydrogen-bond donors (Lipinski definition) is 0. The number of ether oxygens (including phenoxy) is 5. The van der Waals surface area contributed by atoms with Crippen LogP contribution in [0, 0.1) is 0 Å². The molecule has 11 heteroatoms. The quantitative estimate of drug-likeness (QED) is 0.424. The molecule has 2 aromatic carbocycles. The second kappa shape index (κ2) is 11.5. The lowest BCUT2D eigenvalue weighted by Gasteiger charge is -2.41. The smallest absolute Gasteiger partial charge is 0.350 e. The lowest BCUT2D eigenvalue weighted by Crippen LogP contribution is -2.61. The molecule has 2 bridgehead atoms. The van der Waals surface area contributed by atoms with Crippen LogP contribution in [0.5, 0.6) is 28.7 Å². The number of likely N-dealkylation sites (tertiary alicyclic amines) is 1. The van der Waals surface area contributed by atoms with E-state index in [0.29, 0.717) is 43.7 Å². The monoisotopic (exact) mass is 548 g/mol. The van der Waals surface area contributed by atoms with E-state index in [0.717, 1.165) is 22.6 Å². The van der Waals surface area contributed by atoms with E-state index in [4.69, 9.17) is 23.7 Å². The molecule has 212 valence electrons. The fourth-order valence-corrected chi connectivity index (χ4v) is 5.43. The summed E-state index contributed by atoms with van der Waals surface area (Å²) in [5, 5.41) is 0. The molecule has 0 N–H and O–H groups in total. The zero-order chi connectivity index (χ0) is 28.3. The average Bonchev–Trinajstić information content (AvgIpc) is 3.30. The number of halogens is 2. The maximum atomic E-state index is 15.6. The first-order valence-corrected chi connectivity index (χ1v) is 12.7. The van der Waals surface area contributed by atoms with Crippen LogP contribution in [0.4, 0.5) is 8.78 Å². The Morgan fingerprint density at radius 1 is 0.897 bits per heavy atom. The SMILES string of the molecule is COc1ccc(CCCN2CC3CCC(C2=O)N3C(=O)C(F)(F)c2cc(OC)c(OC)c(OC)c2)cc1OC. The highest BCUT2D eigenvalue weighted by atomic mass is 19.3. The molecule has 0 aromatic heterocycles. The van der Waals surface area contributed by atoms with Gasteiger partial charge in [-0.2, -0.15) is 8.78 Å². The second-order valence-corrected chi connectivity index (χ2v) is 9.52. The van der Waals surface area contributed by atoms with Crippen molar-refractivity contribution >= 4 is 11.8 Å². The molecule has 2 aliphatic heterocycles. The van der Waals surface area contributed by atoms with E-state index in [2.05, 4.69) is 0 Å². The number of nitrogens with zero attached hydrogens (tertiary/aromatic N) is 2. The van der Waals surface area contributed by atoms with Crippen molar-refractivity contribution in [1.82, 2.24) is 9.80 Å². The van der Waals surface area contributed by atoms with Gasteiger partial charge in [0.25, 0.3) is 5.91 Å². The number of methoxy groups -OCH3 is 5. The van der Waals surface area contributed by atoms with E-state index in [1.807, 2.05) is 18.2 Å². The molecular formula is C28H34F2N2O7. The number of piperazine rings is 1. The van der Waals surface area contributed by atoms with Gasteiger partial charge in [-0.05, 0) is 55.5 Å². The van der Waals surface area contributed by atoms with Gasteiger partial charge >= 0.3 is 5.92 Å². The van der Waals surface area contributed by atoms with Crippen molar-refractivity contribution in [2.75, 3.05) is 48.6 Å². The van der Waals surface area contributed by atoms with Crippen molar-refractivity contribution in [3.05, 3.63) is 41.5 Å². The molecule has 2 aromatic rings. The predicted octanol–water partition coefficient (Wildman–Crippen LogP) is 3.66. The number of alkyl halides is 2. The lowest BCUT2D eigenvalue weighted by atomic mass is 10.0. The molecule has 2 atom stereocenters. The van der Waals surface area contributed by atoms with Crippen molar-refractivity contribution in [3.8, 4) is 28.7 Å². The van der Waals surface area contributed by atoms with Crippen LogP contribution in [-0.2, 0) is 21.9 Å². The first-order chi connectivity index (χ1) is 18.7. The normalized spacial score (nSPS) is 18.7.